The van der Waals surface area contributed by atoms with Gasteiger partial charge in [-0.3, -0.25) is 0 Å². The summed E-state index contributed by atoms with van der Waals surface area (Å²) in [6, 6.07) is 4.97. The summed E-state index contributed by atoms with van der Waals surface area (Å²) < 4.78 is 5.02. The molecule has 0 aliphatic rings. The van der Waals surface area contributed by atoms with E-state index in [0.29, 0.717) is 22.0 Å². The molecule has 2 rings (SSSR count). The van der Waals surface area contributed by atoms with Gasteiger partial charge in [0.2, 0.25) is 0 Å². The fourth-order valence-electron chi connectivity index (χ4n) is 1.48. The molecule has 0 atom stereocenters. The maximum absolute atomic E-state index is 11.0. The van der Waals surface area contributed by atoms with Crippen LogP contribution >= 0.6 is 11.6 Å². The van der Waals surface area contributed by atoms with Crippen molar-refractivity contribution in [2.75, 3.05) is 7.11 Å². The summed E-state index contributed by atoms with van der Waals surface area (Å²) in [4.78, 5) is 17.5. The van der Waals surface area contributed by atoms with Crippen LogP contribution in [0.5, 0.6) is 5.75 Å². The average molecular weight is 253 g/mol. The molecule has 0 aliphatic heterocycles. The Kier molecular flexibility index (Phi) is 3.01. The SMILES string of the molecule is COc1ccc(-c2nc[nH]c2C(=O)O)c(Cl)c1. The topological polar surface area (TPSA) is 75.2 Å². The summed E-state index contributed by atoms with van der Waals surface area (Å²) in [7, 11) is 1.53. The van der Waals surface area contributed by atoms with Gasteiger partial charge in [0.05, 0.1) is 18.5 Å². The molecule has 1 aromatic heterocycles. The van der Waals surface area contributed by atoms with E-state index in [9.17, 15) is 4.79 Å². The fourth-order valence-corrected chi connectivity index (χ4v) is 1.74. The first kappa shape index (κ1) is 11.5. The van der Waals surface area contributed by atoms with Crippen molar-refractivity contribution in [2.45, 2.75) is 0 Å². The molecular weight excluding hydrogens is 244 g/mol. The lowest BCUT2D eigenvalue weighted by Gasteiger charge is -2.05. The minimum atomic E-state index is -1.08. The lowest BCUT2D eigenvalue weighted by atomic mass is 10.1. The number of hydrogen-bond donors (Lipinski definition) is 2. The van der Waals surface area contributed by atoms with E-state index in [1.165, 1.54) is 13.4 Å². The number of methoxy groups -OCH3 is 1. The van der Waals surface area contributed by atoms with E-state index in [-0.39, 0.29) is 5.69 Å². The monoisotopic (exact) mass is 252 g/mol. The van der Waals surface area contributed by atoms with Crippen LogP contribution in [0.1, 0.15) is 10.5 Å². The van der Waals surface area contributed by atoms with Gasteiger partial charge < -0.3 is 14.8 Å². The highest BCUT2D eigenvalue weighted by Crippen LogP contribution is 2.31. The van der Waals surface area contributed by atoms with Crippen molar-refractivity contribution >= 4 is 17.6 Å². The van der Waals surface area contributed by atoms with Crippen LogP contribution in [0.3, 0.4) is 0 Å². The molecule has 0 saturated carbocycles. The smallest absolute Gasteiger partial charge is 0.354 e. The van der Waals surface area contributed by atoms with Crippen LogP contribution in [0, 0.1) is 0 Å². The van der Waals surface area contributed by atoms with E-state index < -0.39 is 5.97 Å². The Bertz CT molecular complexity index is 566. The first-order chi connectivity index (χ1) is 8.13. The van der Waals surface area contributed by atoms with Gasteiger partial charge in [-0.2, -0.15) is 0 Å². The van der Waals surface area contributed by atoms with E-state index >= 15 is 0 Å². The van der Waals surface area contributed by atoms with Gasteiger partial charge in [-0.05, 0) is 18.2 Å². The van der Waals surface area contributed by atoms with Crippen LogP contribution in [0.25, 0.3) is 11.3 Å². The van der Waals surface area contributed by atoms with Gasteiger partial charge in [-0.1, -0.05) is 11.6 Å². The zero-order valence-electron chi connectivity index (χ0n) is 8.90. The predicted octanol–water partition coefficient (Wildman–Crippen LogP) is 2.44. The van der Waals surface area contributed by atoms with Gasteiger partial charge in [0.1, 0.15) is 11.4 Å². The number of hydrogen-bond acceptors (Lipinski definition) is 3. The summed E-state index contributed by atoms with van der Waals surface area (Å²) in [6.07, 6.45) is 1.32. The number of halogens is 1. The summed E-state index contributed by atoms with van der Waals surface area (Å²) in [5, 5.41) is 9.36. The van der Waals surface area contributed by atoms with E-state index in [0.717, 1.165) is 0 Å². The van der Waals surface area contributed by atoms with Crippen molar-refractivity contribution < 1.29 is 14.6 Å². The van der Waals surface area contributed by atoms with Gasteiger partial charge >= 0.3 is 5.97 Å². The average Bonchev–Trinajstić information content (AvgIpc) is 2.77. The molecule has 0 aliphatic carbocycles. The summed E-state index contributed by atoms with van der Waals surface area (Å²) in [5.74, 6) is -0.476. The van der Waals surface area contributed by atoms with Gasteiger partial charge in [-0.25, -0.2) is 9.78 Å². The molecule has 0 bridgehead atoms. The number of H-pyrrole nitrogens is 1. The maximum atomic E-state index is 11.0. The Morgan fingerprint density at radius 1 is 1.53 bits per heavy atom. The highest BCUT2D eigenvalue weighted by atomic mass is 35.5. The molecule has 6 heteroatoms. The second-order valence-corrected chi connectivity index (χ2v) is 3.68. The van der Waals surface area contributed by atoms with Crippen molar-refractivity contribution in [3.8, 4) is 17.0 Å². The van der Waals surface area contributed by atoms with Crippen LogP contribution in [-0.4, -0.2) is 28.2 Å². The quantitative estimate of drug-likeness (QED) is 0.880. The maximum Gasteiger partial charge on any atom is 0.354 e. The second kappa shape index (κ2) is 4.47. The molecule has 0 radical (unpaired) electrons. The number of imidazole rings is 1. The summed E-state index contributed by atoms with van der Waals surface area (Å²) in [5.41, 5.74) is 0.869. The van der Waals surface area contributed by atoms with Crippen molar-refractivity contribution in [3.05, 3.63) is 35.2 Å². The first-order valence-corrected chi connectivity index (χ1v) is 5.12. The highest BCUT2D eigenvalue weighted by Gasteiger charge is 2.17. The number of nitrogens with zero attached hydrogens (tertiary/aromatic N) is 1. The van der Waals surface area contributed by atoms with E-state index in [2.05, 4.69) is 9.97 Å². The van der Waals surface area contributed by atoms with Crippen molar-refractivity contribution in [1.82, 2.24) is 9.97 Å². The summed E-state index contributed by atoms with van der Waals surface area (Å²) in [6.45, 7) is 0. The molecular formula is C11H9ClN2O3. The molecule has 0 fully saturated rings. The van der Waals surface area contributed by atoms with Crippen LogP contribution in [-0.2, 0) is 0 Å². The third kappa shape index (κ3) is 2.09. The number of aromatic carboxylic acids is 1. The molecule has 2 aromatic rings. The predicted molar refractivity (Wildman–Crippen MR) is 62.5 cm³/mol. The Labute approximate surface area is 102 Å². The number of rotatable bonds is 3. The molecule has 2 N–H and O–H groups in total. The Hall–Kier alpha value is -2.01. The van der Waals surface area contributed by atoms with E-state index in [4.69, 9.17) is 21.4 Å². The lowest BCUT2D eigenvalue weighted by molar-refractivity contribution is 0.0692. The largest absolute Gasteiger partial charge is 0.497 e. The summed E-state index contributed by atoms with van der Waals surface area (Å²) >= 11 is 6.05. The second-order valence-electron chi connectivity index (χ2n) is 3.28. The minimum absolute atomic E-state index is 0.0112. The van der Waals surface area contributed by atoms with Crippen LogP contribution in [0.4, 0.5) is 0 Å². The first-order valence-electron chi connectivity index (χ1n) is 4.74. The molecule has 88 valence electrons. The molecule has 17 heavy (non-hydrogen) atoms. The van der Waals surface area contributed by atoms with Crippen molar-refractivity contribution in [3.63, 3.8) is 0 Å². The fraction of sp³-hybridized carbons (Fsp3) is 0.0909. The number of aromatic nitrogens is 2. The molecule has 1 aromatic carbocycles. The zero-order valence-corrected chi connectivity index (χ0v) is 9.65. The molecule has 0 amide bonds. The third-order valence-electron chi connectivity index (χ3n) is 2.28. The van der Waals surface area contributed by atoms with Crippen LogP contribution < -0.4 is 4.74 Å². The van der Waals surface area contributed by atoms with Crippen molar-refractivity contribution in [2.24, 2.45) is 0 Å². The van der Waals surface area contributed by atoms with E-state index in [1.54, 1.807) is 18.2 Å². The van der Waals surface area contributed by atoms with Gasteiger partial charge in [-0.15, -0.1) is 0 Å². The number of carboxylic acid groups (broad SMARTS) is 1. The number of benzene rings is 1. The number of nitrogens with one attached hydrogen (secondary N) is 1. The van der Waals surface area contributed by atoms with Crippen LogP contribution in [0.15, 0.2) is 24.5 Å². The molecule has 0 unspecified atom stereocenters. The van der Waals surface area contributed by atoms with Crippen LogP contribution in [0.2, 0.25) is 5.02 Å². The van der Waals surface area contributed by atoms with E-state index in [1.807, 2.05) is 0 Å². The number of aromatic amines is 1. The molecule has 0 spiro atoms. The number of carboxylic acids is 1. The van der Waals surface area contributed by atoms with Gasteiger partial charge in [0.15, 0.2) is 5.69 Å². The standard InChI is InChI=1S/C11H9ClN2O3/c1-17-6-2-3-7(8(12)4-6)9-10(11(15)16)14-5-13-9/h2-5H,1H3,(H,13,14)(H,15,16). The van der Waals surface area contributed by atoms with Gasteiger partial charge in [0, 0.05) is 5.56 Å². The Balaban J connectivity index is 2.53. The number of ether oxygens (including phenoxy) is 1. The normalized spacial score (nSPS) is 10.2. The zero-order chi connectivity index (χ0) is 12.4. The van der Waals surface area contributed by atoms with Crippen molar-refractivity contribution in [1.29, 1.82) is 0 Å². The lowest BCUT2D eigenvalue weighted by Crippen LogP contribution is -1.99. The third-order valence-corrected chi connectivity index (χ3v) is 2.60. The molecule has 5 nitrogen and oxygen atoms in total. The minimum Gasteiger partial charge on any atom is -0.497 e. The molecule has 1 heterocycles. The Morgan fingerprint density at radius 2 is 2.29 bits per heavy atom. The Morgan fingerprint density at radius 3 is 2.88 bits per heavy atom. The highest BCUT2D eigenvalue weighted by molar-refractivity contribution is 6.33. The molecule has 0 saturated heterocycles. The number of carbonyl (C=O) groups is 1. The van der Waals surface area contributed by atoms with Gasteiger partial charge in [0.25, 0.3) is 0 Å².